The third-order valence-electron chi connectivity index (χ3n) is 4.34. The van der Waals surface area contributed by atoms with Gasteiger partial charge in [0, 0.05) is 51.5 Å². The Morgan fingerprint density at radius 3 is 2.90 bits per heavy atom. The fourth-order valence-corrected chi connectivity index (χ4v) is 2.99. The molecule has 1 fully saturated rings. The Kier molecular flexibility index (Phi) is 5.79. The van der Waals surface area contributed by atoms with E-state index in [0.717, 1.165) is 26.1 Å². The molecule has 0 radical (unpaired) electrons. The van der Waals surface area contributed by atoms with E-state index in [9.17, 15) is 4.79 Å². The van der Waals surface area contributed by atoms with Crippen molar-refractivity contribution in [2.24, 2.45) is 5.92 Å². The van der Waals surface area contributed by atoms with Crippen LogP contribution in [0.5, 0.6) is 0 Å². The van der Waals surface area contributed by atoms with E-state index in [4.69, 9.17) is 0 Å². The standard InChI is InChI=1S/C16H28N4O/c1-14(2)19-11-7-15(13-19)12-18(3)16(21)6-4-9-20-10-5-8-17-20/h5,8,10,14-15H,4,6-7,9,11-13H2,1-3H3. The summed E-state index contributed by atoms with van der Waals surface area (Å²) in [5.41, 5.74) is 0. The van der Waals surface area contributed by atoms with E-state index in [1.165, 1.54) is 13.0 Å². The predicted octanol–water partition coefficient (Wildman–Crippen LogP) is 1.85. The van der Waals surface area contributed by atoms with E-state index < -0.39 is 0 Å². The first kappa shape index (κ1) is 16.0. The van der Waals surface area contributed by atoms with Crippen molar-refractivity contribution < 1.29 is 4.79 Å². The molecule has 1 aliphatic heterocycles. The quantitative estimate of drug-likeness (QED) is 0.770. The largest absolute Gasteiger partial charge is 0.345 e. The molecule has 1 unspecified atom stereocenters. The molecule has 0 aromatic carbocycles. The van der Waals surface area contributed by atoms with Crippen LogP contribution in [0.4, 0.5) is 0 Å². The van der Waals surface area contributed by atoms with Crippen LogP contribution in [0, 0.1) is 5.92 Å². The molecule has 21 heavy (non-hydrogen) atoms. The average Bonchev–Trinajstić information content (AvgIpc) is 3.09. The van der Waals surface area contributed by atoms with Gasteiger partial charge in [-0.15, -0.1) is 0 Å². The summed E-state index contributed by atoms with van der Waals surface area (Å²) in [4.78, 5) is 16.6. The predicted molar refractivity (Wildman–Crippen MR) is 83.9 cm³/mol. The Morgan fingerprint density at radius 1 is 1.48 bits per heavy atom. The fraction of sp³-hybridized carbons (Fsp3) is 0.750. The molecule has 5 nitrogen and oxygen atoms in total. The first-order valence-electron chi connectivity index (χ1n) is 8.01. The number of aromatic nitrogens is 2. The van der Waals surface area contributed by atoms with Crippen LogP contribution in [0.2, 0.25) is 0 Å². The highest BCUT2D eigenvalue weighted by atomic mass is 16.2. The van der Waals surface area contributed by atoms with Crippen LogP contribution in [-0.4, -0.2) is 58.2 Å². The number of amides is 1. The molecule has 1 atom stereocenters. The van der Waals surface area contributed by atoms with Gasteiger partial charge in [0.1, 0.15) is 0 Å². The van der Waals surface area contributed by atoms with Crippen LogP contribution in [0.1, 0.15) is 33.1 Å². The maximum absolute atomic E-state index is 12.2. The molecule has 1 aromatic heterocycles. The third kappa shape index (κ3) is 4.84. The Labute approximate surface area is 127 Å². The van der Waals surface area contributed by atoms with E-state index in [2.05, 4.69) is 23.8 Å². The minimum Gasteiger partial charge on any atom is -0.345 e. The summed E-state index contributed by atoms with van der Waals surface area (Å²) in [6.45, 7) is 8.49. The zero-order valence-electron chi connectivity index (χ0n) is 13.5. The van der Waals surface area contributed by atoms with Gasteiger partial charge in [-0.25, -0.2) is 0 Å². The minimum atomic E-state index is 0.255. The van der Waals surface area contributed by atoms with Crippen LogP contribution in [0.25, 0.3) is 0 Å². The molecule has 0 N–H and O–H groups in total. The zero-order chi connectivity index (χ0) is 15.2. The van der Waals surface area contributed by atoms with Gasteiger partial charge < -0.3 is 9.80 Å². The molecule has 0 bridgehead atoms. The van der Waals surface area contributed by atoms with Crippen molar-refractivity contribution in [3.05, 3.63) is 18.5 Å². The summed E-state index contributed by atoms with van der Waals surface area (Å²) in [5, 5.41) is 4.15. The highest BCUT2D eigenvalue weighted by Crippen LogP contribution is 2.19. The maximum atomic E-state index is 12.2. The van der Waals surface area contributed by atoms with Crippen molar-refractivity contribution in [1.29, 1.82) is 0 Å². The van der Waals surface area contributed by atoms with Gasteiger partial charge >= 0.3 is 0 Å². The second-order valence-corrected chi connectivity index (χ2v) is 6.39. The average molecular weight is 292 g/mol. The number of rotatable bonds is 7. The van der Waals surface area contributed by atoms with E-state index in [1.54, 1.807) is 6.20 Å². The summed E-state index contributed by atoms with van der Waals surface area (Å²) < 4.78 is 1.88. The van der Waals surface area contributed by atoms with Crippen molar-refractivity contribution in [2.75, 3.05) is 26.7 Å². The van der Waals surface area contributed by atoms with Crippen molar-refractivity contribution in [3.8, 4) is 0 Å². The van der Waals surface area contributed by atoms with Gasteiger partial charge in [-0.05, 0) is 45.2 Å². The second kappa shape index (κ2) is 7.59. The van der Waals surface area contributed by atoms with E-state index in [1.807, 2.05) is 28.9 Å². The molecule has 1 saturated heterocycles. The Balaban J connectivity index is 1.65. The summed E-state index contributed by atoms with van der Waals surface area (Å²) in [5.74, 6) is 0.887. The van der Waals surface area contributed by atoms with Gasteiger partial charge in [-0.3, -0.25) is 9.48 Å². The normalized spacial score (nSPS) is 19.3. The lowest BCUT2D eigenvalue weighted by Crippen LogP contribution is -2.34. The van der Waals surface area contributed by atoms with Crippen LogP contribution >= 0.6 is 0 Å². The molecule has 118 valence electrons. The van der Waals surface area contributed by atoms with Gasteiger partial charge in [0.25, 0.3) is 0 Å². The Hall–Kier alpha value is -1.36. The minimum absolute atomic E-state index is 0.255. The lowest BCUT2D eigenvalue weighted by Gasteiger charge is -2.23. The summed E-state index contributed by atoms with van der Waals surface area (Å²) in [6.07, 6.45) is 6.38. The molecule has 1 aliphatic rings. The van der Waals surface area contributed by atoms with Gasteiger partial charge in [0.05, 0.1) is 0 Å². The molecule has 2 heterocycles. The Morgan fingerprint density at radius 2 is 2.29 bits per heavy atom. The zero-order valence-corrected chi connectivity index (χ0v) is 13.5. The highest BCUT2D eigenvalue weighted by molar-refractivity contribution is 5.75. The van der Waals surface area contributed by atoms with Gasteiger partial charge in [-0.1, -0.05) is 0 Å². The third-order valence-corrected chi connectivity index (χ3v) is 4.34. The maximum Gasteiger partial charge on any atom is 0.222 e. The van der Waals surface area contributed by atoms with Crippen molar-refractivity contribution in [3.63, 3.8) is 0 Å². The lowest BCUT2D eigenvalue weighted by atomic mass is 10.1. The monoisotopic (exact) mass is 292 g/mol. The smallest absolute Gasteiger partial charge is 0.222 e. The van der Waals surface area contributed by atoms with E-state index in [0.29, 0.717) is 18.4 Å². The first-order chi connectivity index (χ1) is 10.1. The fourth-order valence-electron chi connectivity index (χ4n) is 2.99. The highest BCUT2D eigenvalue weighted by Gasteiger charge is 2.25. The summed E-state index contributed by atoms with van der Waals surface area (Å²) >= 11 is 0. The summed E-state index contributed by atoms with van der Waals surface area (Å²) in [7, 11) is 1.94. The Bertz CT molecular complexity index is 429. The number of hydrogen-bond donors (Lipinski definition) is 0. The van der Waals surface area contributed by atoms with E-state index >= 15 is 0 Å². The molecule has 1 aromatic rings. The topological polar surface area (TPSA) is 41.4 Å². The number of nitrogens with zero attached hydrogens (tertiary/aromatic N) is 4. The molecule has 2 rings (SSSR count). The molecule has 5 heteroatoms. The molecule has 0 saturated carbocycles. The second-order valence-electron chi connectivity index (χ2n) is 6.39. The van der Waals surface area contributed by atoms with Crippen LogP contribution in [0.3, 0.4) is 0 Å². The molecule has 1 amide bonds. The number of hydrogen-bond acceptors (Lipinski definition) is 3. The van der Waals surface area contributed by atoms with Crippen molar-refractivity contribution in [2.45, 2.75) is 45.7 Å². The molecule has 0 aliphatic carbocycles. The lowest BCUT2D eigenvalue weighted by molar-refractivity contribution is -0.130. The number of likely N-dealkylation sites (tertiary alicyclic amines) is 1. The van der Waals surface area contributed by atoms with Crippen molar-refractivity contribution in [1.82, 2.24) is 19.6 Å². The van der Waals surface area contributed by atoms with Crippen LogP contribution < -0.4 is 0 Å². The molecule has 0 spiro atoms. The van der Waals surface area contributed by atoms with Gasteiger partial charge in [-0.2, -0.15) is 5.10 Å². The van der Waals surface area contributed by atoms with Crippen molar-refractivity contribution >= 4 is 5.91 Å². The van der Waals surface area contributed by atoms with Crippen LogP contribution in [-0.2, 0) is 11.3 Å². The van der Waals surface area contributed by atoms with Gasteiger partial charge in [0.15, 0.2) is 0 Å². The SMILES string of the molecule is CC(C)N1CCC(CN(C)C(=O)CCCn2cccn2)C1. The molecular weight excluding hydrogens is 264 g/mol. The number of carbonyl (C=O) groups is 1. The number of carbonyl (C=O) groups excluding carboxylic acids is 1. The van der Waals surface area contributed by atoms with Gasteiger partial charge in [0.2, 0.25) is 5.91 Å². The first-order valence-corrected chi connectivity index (χ1v) is 8.01. The summed E-state index contributed by atoms with van der Waals surface area (Å²) in [6, 6.07) is 2.53. The van der Waals surface area contributed by atoms with E-state index in [-0.39, 0.29) is 5.91 Å². The molecular formula is C16H28N4O. The van der Waals surface area contributed by atoms with Crippen LogP contribution in [0.15, 0.2) is 18.5 Å². The number of aryl methyl sites for hydroxylation is 1.